The van der Waals surface area contributed by atoms with Gasteiger partial charge in [-0.2, -0.15) is 0 Å². The molecule has 4 heteroatoms. The van der Waals surface area contributed by atoms with Crippen molar-refractivity contribution in [2.75, 3.05) is 13.6 Å². The molecule has 1 unspecified atom stereocenters. The number of likely N-dealkylation sites (tertiary alicyclic amines) is 1. The molecule has 0 bridgehead atoms. The highest BCUT2D eigenvalue weighted by Gasteiger charge is 2.24. The Morgan fingerprint density at radius 1 is 1.00 bits per heavy atom. The molecular weight excluding hydrogens is 326 g/mol. The van der Waals surface area contributed by atoms with E-state index in [2.05, 4.69) is 4.90 Å². The maximum atomic E-state index is 13.0. The van der Waals surface area contributed by atoms with Crippen LogP contribution in [0.25, 0.3) is 21.5 Å². The summed E-state index contributed by atoms with van der Waals surface area (Å²) in [5.41, 5.74) is 0.378. The maximum absolute atomic E-state index is 13.0. The fraction of sp³-hybridized carbons (Fsp3) is 0.273. The average Bonchev–Trinajstić information content (AvgIpc) is 2.79. The van der Waals surface area contributed by atoms with Crippen molar-refractivity contribution < 1.29 is 9.53 Å². The highest BCUT2D eigenvalue weighted by molar-refractivity contribution is 6.08. The predicted octanol–water partition coefficient (Wildman–Crippen LogP) is 3.95. The van der Waals surface area contributed by atoms with Crippen LogP contribution in [0, 0.1) is 0 Å². The number of hydrogen-bond donors (Lipinski definition) is 0. The zero-order chi connectivity index (χ0) is 18.1. The first-order valence-corrected chi connectivity index (χ1v) is 9.01. The van der Waals surface area contributed by atoms with Gasteiger partial charge in [-0.05, 0) is 37.8 Å². The fourth-order valence-corrected chi connectivity index (χ4v) is 3.67. The number of ether oxygens (including phenoxy) is 1. The van der Waals surface area contributed by atoms with E-state index in [1.165, 1.54) is 0 Å². The van der Waals surface area contributed by atoms with Crippen LogP contribution in [-0.4, -0.2) is 30.7 Å². The quantitative estimate of drug-likeness (QED) is 0.659. The number of nitrogens with zero attached hydrogens (tertiary/aromatic N) is 1. The van der Waals surface area contributed by atoms with Gasteiger partial charge in [0.05, 0.1) is 5.56 Å². The first-order chi connectivity index (χ1) is 12.6. The van der Waals surface area contributed by atoms with Crippen LogP contribution in [0.1, 0.15) is 29.6 Å². The minimum Gasteiger partial charge on any atom is -0.443 e. The molecule has 0 aromatic heterocycles. The summed E-state index contributed by atoms with van der Waals surface area (Å²) >= 11 is 0. The van der Waals surface area contributed by atoms with Crippen LogP contribution in [0.4, 0.5) is 0 Å². The largest absolute Gasteiger partial charge is 0.443 e. The lowest BCUT2D eigenvalue weighted by Crippen LogP contribution is -2.39. The van der Waals surface area contributed by atoms with Gasteiger partial charge < -0.3 is 4.74 Å². The number of benzene rings is 2. The van der Waals surface area contributed by atoms with E-state index in [9.17, 15) is 9.59 Å². The third-order valence-electron chi connectivity index (χ3n) is 5.13. The molecule has 0 saturated carbocycles. The van der Waals surface area contributed by atoms with E-state index in [-0.39, 0.29) is 17.6 Å². The molecule has 1 aliphatic heterocycles. The minimum atomic E-state index is -0.374. The summed E-state index contributed by atoms with van der Waals surface area (Å²) in [6.45, 7) is 0.925. The summed E-state index contributed by atoms with van der Waals surface area (Å²) in [6, 6.07) is 16.4. The van der Waals surface area contributed by atoms with E-state index in [0.717, 1.165) is 31.2 Å². The van der Waals surface area contributed by atoms with Crippen LogP contribution >= 0.6 is 0 Å². The van der Waals surface area contributed by atoms with E-state index >= 15 is 0 Å². The molecule has 0 N–H and O–H groups in total. The van der Waals surface area contributed by atoms with Gasteiger partial charge in [-0.3, -0.25) is 9.69 Å². The number of piperidine rings is 1. The van der Waals surface area contributed by atoms with Gasteiger partial charge >= 0.3 is 5.97 Å². The van der Waals surface area contributed by atoms with Gasteiger partial charge in [0.1, 0.15) is 0 Å². The Labute approximate surface area is 152 Å². The lowest BCUT2D eigenvalue weighted by Gasteiger charge is -2.31. The topological polar surface area (TPSA) is 46.6 Å². The van der Waals surface area contributed by atoms with Crippen molar-refractivity contribution >= 4 is 27.5 Å². The van der Waals surface area contributed by atoms with Crippen molar-refractivity contribution in [1.82, 2.24) is 4.90 Å². The summed E-state index contributed by atoms with van der Waals surface area (Å²) in [4.78, 5) is 28.0. The fourth-order valence-electron chi connectivity index (χ4n) is 3.67. The molecule has 132 valence electrons. The summed E-state index contributed by atoms with van der Waals surface area (Å²) < 4.78 is 5.81. The second-order valence-corrected chi connectivity index (χ2v) is 6.86. The molecule has 1 fully saturated rings. The number of rotatable bonds is 2. The van der Waals surface area contributed by atoms with E-state index in [0.29, 0.717) is 21.7 Å². The first-order valence-electron chi connectivity index (χ1n) is 9.01. The molecule has 1 aliphatic rings. The average molecular weight is 347 g/mol. The number of carbonyl (C=O) groups excluding carboxylic acids is 1. The van der Waals surface area contributed by atoms with Crippen LogP contribution in [0.5, 0.6) is 0 Å². The third kappa shape index (κ3) is 2.97. The van der Waals surface area contributed by atoms with Gasteiger partial charge in [-0.1, -0.05) is 48.5 Å². The maximum Gasteiger partial charge on any atom is 0.340 e. The van der Waals surface area contributed by atoms with Crippen LogP contribution < -0.4 is 5.43 Å². The van der Waals surface area contributed by atoms with Gasteiger partial charge in [0.25, 0.3) is 0 Å². The molecule has 3 aromatic carbocycles. The van der Waals surface area contributed by atoms with E-state index < -0.39 is 0 Å². The van der Waals surface area contributed by atoms with Crippen molar-refractivity contribution in [2.45, 2.75) is 25.5 Å². The first kappa shape index (κ1) is 16.7. The Morgan fingerprint density at radius 3 is 2.46 bits per heavy atom. The third-order valence-corrected chi connectivity index (χ3v) is 5.13. The second-order valence-electron chi connectivity index (χ2n) is 6.86. The van der Waals surface area contributed by atoms with Gasteiger partial charge in [0.15, 0.2) is 11.7 Å². The number of hydrogen-bond acceptors (Lipinski definition) is 4. The van der Waals surface area contributed by atoms with Crippen molar-refractivity contribution in [2.24, 2.45) is 0 Å². The zero-order valence-corrected chi connectivity index (χ0v) is 14.8. The van der Waals surface area contributed by atoms with E-state index in [1.54, 1.807) is 18.2 Å². The van der Waals surface area contributed by atoms with E-state index in [4.69, 9.17) is 4.74 Å². The van der Waals surface area contributed by atoms with Crippen molar-refractivity contribution in [3.05, 3.63) is 70.4 Å². The molecule has 1 atom stereocenters. The zero-order valence-electron chi connectivity index (χ0n) is 14.8. The van der Waals surface area contributed by atoms with Crippen LogP contribution in [-0.2, 0) is 4.74 Å². The second kappa shape index (κ2) is 6.89. The number of fused-ring (bicyclic) bond motifs is 2. The molecule has 0 radical (unpaired) electrons. The summed E-state index contributed by atoms with van der Waals surface area (Å²) in [5.74, 6) is -0.374. The van der Waals surface area contributed by atoms with Gasteiger partial charge in [0.2, 0.25) is 0 Å². The molecule has 4 rings (SSSR count). The predicted molar refractivity (Wildman–Crippen MR) is 103 cm³/mol. The van der Waals surface area contributed by atoms with Crippen molar-refractivity contribution in [1.29, 1.82) is 0 Å². The Bertz CT molecular complexity index is 1040. The Balaban J connectivity index is 1.89. The van der Waals surface area contributed by atoms with E-state index in [1.807, 2.05) is 43.4 Å². The SMILES string of the molecule is CN1CCCCC1OC(=O)c1cc2ccccc2c(=O)c2ccccc12. The molecule has 0 spiro atoms. The molecule has 26 heavy (non-hydrogen) atoms. The molecule has 0 aliphatic carbocycles. The summed E-state index contributed by atoms with van der Waals surface area (Å²) in [7, 11) is 1.98. The normalized spacial score (nSPS) is 18.1. The molecule has 4 nitrogen and oxygen atoms in total. The smallest absolute Gasteiger partial charge is 0.340 e. The van der Waals surface area contributed by atoms with Gasteiger partial charge in [-0.25, -0.2) is 4.79 Å². The highest BCUT2D eigenvalue weighted by atomic mass is 16.6. The number of esters is 1. The summed E-state index contributed by atoms with van der Waals surface area (Å²) in [6.07, 6.45) is 2.81. The van der Waals surface area contributed by atoms with Crippen LogP contribution in [0.2, 0.25) is 0 Å². The molecular formula is C22H21NO3. The van der Waals surface area contributed by atoms with Crippen molar-refractivity contribution in [3.63, 3.8) is 0 Å². The van der Waals surface area contributed by atoms with Gasteiger partial charge in [0, 0.05) is 22.7 Å². The highest BCUT2D eigenvalue weighted by Crippen LogP contribution is 2.23. The minimum absolute atomic E-state index is 0.0648. The molecule has 0 amide bonds. The van der Waals surface area contributed by atoms with Crippen LogP contribution in [0.3, 0.4) is 0 Å². The molecule has 1 saturated heterocycles. The lowest BCUT2D eigenvalue weighted by molar-refractivity contribution is -0.0391. The molecule has 1 heterocycles. The Hall–Kier alpha value is -2.72. The van der Waals surface area contributed by atoms with Gasteiger partial charge in [-0.15, -0.1) is 0 Å². The molecule has 3 aromatic rings. The Kier molecular flexibility index (Phi) is 4.43. The monoisotopic (exact) mass is 347 g/mol. The lowest BCUT2D eigenvalue weighted by atomic mass is 10.1. The van der Waals surface area contributed by atoms with Crippen LogP contribution in [0.15, 0.2) is 59.4 Å². The van der Waals surface area contributed by atoms with Crippen molar-refractivity contribution in [3.8, 4) is 0 Å². The summed E-state index contributed by atoms with van der Waals surface area (Å²) in [5, 5.41) is 2.53. The Morgan fingerprint density at radius 2 is 1.69 bits per heavy atom. The number of carbonyl (C=O) groups is 1. The standard InChI is InChI=1S/C22H21NO3/c1-23-13-7-6-12-20(23)26-22(25)19-14-15-8-2-3-9-16(15)21(24)18-11-5-4-10-17(18)19/h2-5,8-11,14,20H,6-7,12-13H2,1H3.